The van der Waals surface area contributed by atoms with Crippen LogP contribution in [-0.2, 0) is 0 Å². The molecule has 0 saturated carbocycles. The standard InChI is InChI=1S/C43H26GeN5OS/c1-3-13-27(14-4-1)44(28-15-5-2-6-16-28)49-35-21-10-8-18-30(35)42-41(49)40-38(51-42)25-31-29-17-7-9-20-34(29)48(43(31)47-40)36-26-50-37-23-22-33(46-39(36)37)32-19-11-12-24-45-32/h1-26H. The molecule has 6 nitrogen and oxygen atoms in total. The Morgan fingerprint density at radius 1 is 0.588 bits per heavy atom. The predicted molar refractivity (Wildman–Crippen MR) is 211 cm³/mol. The molecule has 0 aliphatic carbocycles. The molecule has 239 valence electrons. The molecule has 0 N–H and O–H groups in total. The summed E-state index contributed by atoms with van der Waals surface area (Å²) in [6, 6.07) is 51.7. The Kier molecular flexibility index (Phi) is 6.35. The number of aromatic nitrogens is 5. The zero-order valence-corrected chi connectivity index (χ0v) is 30.0. The average molecular weight is 733 g/mol. The summed E-state index contributed by atoms with van der Waals surface area (Å²) in [6.45, 7) is 0. The summed E-state index contributed by atoms with van der Waals surface area (Å²) in [5, 5.41) is 3.53. The van der Waals surface area contributed by atoms with Gasteiger partial charge in [0.05, 0.1) is 0 Å². The molecule has 11 rings (SSSR count). The second-order valence-electron chi connectivity index (χ2n) is 12.7. The van der Waals surface area contributed by atoms with Crippen LogP contribution in [0.4, 0.5) is 0 Å². The summed E-state index contributed by atoms with van der Waals surface area (Å²) in [6.07, 6.45) is 3.61. The van der Waals surface area contributed by atoms with Crippen LogP contribution in [0.15, 0.2) is 162 Å². The van der Waals surface area contributed by atoms with E-state index in [1.807, 2.05) is 47.9 Å². The molecule has 8 heteroatoms. The van der Waals surface area contributed by atoms with Crippen molar-refractivity contribution >= 4 is 99.1 Å². The SMILES string of the molecule is c1cc[c]([Ge]([c]2ccccc2)[n]2c3ccccc3c3sc4cc5c6ccccc6n(-c6coc7ccc(-c8ccccn8)nc67)c5nc4c32)cc1. The molecule has 0 aliphatic rings. The minimum absolute atomic E-state index is 0.718. The van der Waals surface area contributed by atoms with E-state index in [1.165, 1.54) is 34.6 Å². The van der Waals surface area contributed by atoms with Crippen molar-refractivity contribution in [3.63, 3.8) is 0 Å². The predicted octanol–water partition coefficient (Wildman–Crippen LogP) is 9.36. The molecule has 0 aliphatic heterocycles. The molecule has 7 heterocycles. The molecular weight excluding hydrogens is 707 g/mol. The number of furan rings is 1. The van der Waals surface area contributed by atoms with Crippen molar-refractivity contribution in [1.29, 1.82) is 0 Å². The molecule has 0 atom stereocenters. The number of benzene rings is 4. The second-order valence-corrected chi connectivity index (χ2v) is 18.5. The van der Waals surface area contributed by atoms with E-state index < -0.39 is 14.6 Å². The van der Waals surface area contributed by atoms with Crippen LogP contribution < -0.4 is 8.79 Å². The molecule has 0 spiro atoms. The van der Waals surface area contributed by atoms with Crippen molar-refractivity contribution in [2.75, 3.05) is 0 Å². The summed E-state index contributed by atoms with van der Waals surface area (Å²) in [4.78, 5) is 15.3. The van der Waals surface area contributed by atoms with Gasteiger partial charge in [0, 0.05) is 6.20 Å². The first-order chi connectivity index (χ1) is 25.3. The van der Waals surface area contributed by atoms with Crippen LogP contribution in [0.5, 0.6) is 0 Å². The van der Waals surface area contributed by atoms with Crippen LogP contribution in [-0.4, -0.2) is 37.6 Å². The summed E-state index contributed by atoms with van der Waals surface area (Å²) in [5.41, 5.74) is 9.40. The third kappa shape index (κ3) is 4.32. The number of para-hydroxylation sites is 2. The van der Waals surface area contributed by atoms with Crippen molar-refractivity contribution in [1.82, 2.24) is 23.0 Å². The van der Waals surface area contributed by atoms with Crippen LogP contribution in [0, 0.1) is 0 Å². The van der Waals surface area contributed by atoms with E-state index in [0.29, 0.717) is 0 Å². The van der Waals surface area contributed by atoms with Crippen molar-refractivity contribution in [3.8, 4) is 17.1 Å². The van der Waals surface area contributed by atoms with E-state index in [1.54, 1.807) is 6.20 Å². The Labute approximate surface area is 300 Å². The molecule has 11 aromatic rings. The van der Waals surface area contributed by atoms with Crippen LogP contribution in [0.25, 0.3) is 81.4 Å². The molecule has 0 unspecified atom stereocenters. The van der Waals surface area contributed by atoms with Gasteiger partial charge in [-0.2, -0.15) is 0 Å². The average Bonchev–Trinajstić information content (AvgIpc) is 3.94. The summed E-state index contributed by atoms with van der Waals surface area (Å²) in [5.74, 6) is 0. The fourth-order valence-electron chi connectivity index (χ4n) is 7.56. The third-order valence-corrected chi connectivity index (χ3v) is 16.5. The molecule has 51 heavy (non-hydrogen) atoms. The van der Waals surface area contributed by atoms with Gasteiger partial charge in [0.1, 0.15) is 0 Å². The van der Waals surface area contributed by atoms with Gasteiger partial charge in [0.2, 0.25) is 0 Å². The van der Waals surface area contributed by atoms with Gasteiger partial charge in [0.25, 0.3) is 0 Å². The Bertz CT molecular complexity index is 3050. The molecule has 0 saturated heterocycles. The number of hydrogen-bond donors (Lipinski definition) is 0. The monoisotopic (exact) mass is 734 g/mol. The first kappa shape index (κ1) is 28.8. The van der Waals surface area contributed by atoms with Gasteiger partial charge in [-0.05, 0) is 6.07 Å². The van der Waals surface area contributed by atoms with Crippen molar-refractivity contribution in [2.24, 2.45) is 0 Å². The number of rotatable bonds is 5. The van der Waals surface area contributed by atoms with Gasteiger partial charge in [0.15, 0.2) is 0 Å². The van der Waals surface area contributed by atoms with Crippen LogP contribution in [0.2, 0.25) is 0 Å². The number of fused-ring (bicyclic) bond motifs is 9. The molecule has 4 aromatic carbocycles. The molecule has 0 amide bonds. The van der Waals surface area contributed by atoms with Crippen molar-refractivity contribution < 1.29 is 4.42 Å². The zero-order valence-electron chi connectivity index (χ0n) is 27.1. The van der Waals surface area contributed by atoms with Crippen LogP contribution in [0.3, 0.4) is 0 Å². The second kappa shape index (κ2) is 11.2. The number of pyridine rings is 3. The normalized spacial score (nSPS) is 12.1. The van der Waals surface area contributed by atoms with E-state index in [0.717, 1.165) is 55.6 Å². The number of thiophene rings is 1. The number of nitrogens with zero attached hydrogens (tertiary/aromatic N) is 5. The van der Waals surface area contributed by atoms with Crippen molar-refractivity contribution in [2.45, 2.75) is 0 Å². The third-order valence-electron chi connectivity index (χ3n) is 9.76. The van der Waals surface area contributed by atoms with Gasteiger partial charge in [-0.1, -0.05) is 6.07 Å². The molecule has 7 aromatic heterocycles. The van der Waals surface area contributed by atoms with Crippen LogP contribution in [0.1, 0.15) is 0 Å². The Morgan fingerprint density at radius 3 is 2.06 bits per heavy atom. The maximum absolute atomic E-state index is 6.17. The van der Waals surface area contributed by atoms with E-state index in [-0.39, 0.29) is 0 Å². The molecule has 0 fully saturated rings. The van der Waals surface area contributed by atoms with Gasteiger partial charge in [-0.3, -0.25) is 0 Å². The first-order valence-corrected chi connectivity index (χ1v) is 20.7. The van der Waals surface area contributed by atoms with E-state index in [9.17, 15) is 0 Å². The maximum atomic E-state index is 6.17. The molecule has 0 bridgehead atoms. The van der Waals surface area contributed by atoms with Crippen LogP contribution >= 0.6 is 11.3 Å². The summed E-state index contributed by atoms with van der Waals surface area (Å²) in [7, 11) is 0. The van der Waals surface area contributed by atoms with E-state index >= 15 is 0 Å². The summed E-state index contributed by atoms with van der Waals surface area (Å²) >= 11 is -0.554. The van der Waals surface area contributed by atoms with Crippen molar-refractivity contribution in [3.05, 3.63) is 158 Å². The molecular formula is C43H26GeN5OS. The molecule has 1 radical (unpaired) electrons. The van der Waals surface area contributed by atoms with E-state index in [2.05, 4.69) is 128 Å². The quantitative estimate of drug-likeness (QED) is 0.166. The summed E-state index contributed by atoms with van der Waals surface area (Å²) < 4.78 is 16.3. The fourth-order valence-corrected chi connectivity index (χ4v) is 14.7. The Morgan fingerprint density at radius 2 is 1.29 bits per heavy atom. The Balaban J connectivity index is 1.25. The Hall–Kier alpha value is -6.03. The number of hydrogen-bond acceptors (Lipinski definition) is 5. The minimum atomic E-state index is -2.40. The topological polar surface area (TPSA) is 61.7 Å². The van der Waals surface area contributed by atoms with E-state index in [4.69, 9.17) is 14.4 Å². The van der Waals surface area contributed by atoms with Gasteiger partial charge >= 0.3 is 283 Å². The van der Waals surface area contributed by atoms with Gasteiger partial charge in [-0.15, -0.1) is 0 Å². The van der Waals surface area contributed by atoms with Gasteiger partial charge < -0.3 is 0 Å². The van der Waals surface area contributed by atoms with Gasteiger partial charge in [-0.25, -0.2) is 0 Å². The zero-order chi connectivity index (χ0) is 33.5. The first-order valence-electron chi connectivity index (χ1n) is 16.9. The fraction of sp³-hybridized carbons (Fsp3) is 0.